The topological polar surface area (TPSA) is 132 Å². The Balaban J connectivity index is 0.978. The molecule has 1 amide bonds. The lowest BCUT2D eigenvalue weighted by atomic mass is 10.0. The van der Waals surface area contributed by atoms with Gasteiger partial charge in [0.1, 0.15) is 22.7 Å². The minimum atomic E-state index is -0.534. The predicted octanol–water partition coefficient (Wildman–Crippen LogP) is 14.8. The minimum Gasteiger partial charge on any atom is -0.505 e. The molecule has 0 spiro atoms. The van der Waals surface area contributed by atoms with Gasteiger partial charge in [0.25, 0.3) is 5.91 Å². The molecule has 1 heterocycles. The molecule has 276 valence electrons. The van der Waals surface area contributed by atoms with Crippen LogP contribution in [0.15, 0.2) is 154 Å². The van der Waals surface area contributed by atoms with E-state index in [9.17, 15) is 15.0 Å². The second-order valence-electron chi connectivity index (χ2n) is 13.0. The van der Waals surface area contributed by atoms with Crippen molar-refractivity contribution in [3.63, 3.8) is 0 Å². The summed E-state index contributed by atoms with van der Waals surface area (Å²) in [5.74, 6) is -0.812. The molecule has 8 aromatic carbocycles. The fourth-order valence-electron chi connectivity index (χ4n) is 6.60. The van der Waals surface area contributed by atoms with E-state index < -0.39 is 5.91 Å². The normalized spacial score (nSPS) is 11.8. The van der Waals surface area contributed by atoms with Crippen molar-refractivity contribution in [2.75, 3.05) is 5.32 Å². The van der Waals surface area contributed by atoms with E-state index in [2.05, 4.69) is 48.4 Å². The number of rotatable bonds is 7. The van der Waals surface area contributed by atoms with Crippen LogP contribution in [0.5, 0.6) is 11.5 Å². The number of halogens is 3. The first-order valence-electron chi connectivity index (χ1n) is 17.4. The Morgan fingerprint density at radius 2 is 1.16 bits per heavy atom. The number of azo groups is 2. The van der Waals surface area contributed by atoms with Gasteiger partial charge in [0.05, 0.1) is 29.4 Å². The Morgan fingerprint density at radius 3 is 1.77 bits per heavy atom. The van der Waals surface area contributed by atoms with E-state index in [1.165, 1.54) is 11.3 Å². The van der Waals surface area contributed by atoms with Crippen molar-refractivity contribution < 1.29 is 15.0 Å². The smallest absolute Gasteiger partial charge is 0.261 e. The number of aromatic hydroxyl groups is 2. The van der Waals surface area contributed by atoms with Gasteiger partial charge in [-0.25, -0.2) is 4.98 Å². The lowest BCUT2D eigenvalue weighted by Gasteiger charge is -2.10. The third kappa shape index (κ3) is 7.03. The van der Waals surface area contributed by atoms with E-state index in [1.54, 1.807) is 36.4 Å². The molecule has 9 aromatic rings. The van der Waals surface area contributed by atoms with Gasteiger partial charge in [0, 0.05) is 16.2 Å². The number of nitrogens with zero attached hydrogens (tertiary/aromatic N) is 5. The molecule has 9 rings (SSSR count). The van der Waals surface area contributed by atoms with Gasteiger partial charge in [0.2, 0.25) is 0 Å². The zero-order valence-electron chi connectivity index (χ0n) is 29.3. The monoisotopic (exact) mass is 914 g/mol. The molecule has 0 atom stereocenters. The van der Waals surface area contributed by atoms with E-state index in [1.807, 2.05) is 97.1 Å². The van der Waals surface area contributed by atoms with Crippen LogP contribution >= 0.6 is 57.1 Å². The standard InChI is InChI=1S/C44H25Cl2IN6O3S/c45-32-20-24(25-14-17-36(33(46)21-25)51-53-40-30-12-6-3-9-27(30)22-34(47)42(40)55)13-16-35(32)50-52-39-29-11-5-2-8-26(29)19-31(41(39)54)43(56)49-44-48-38-28-10-4-1-7-23(28)15-18-37(38)57-44/h1-22,54-55H,(H,48,49,56). The first-order valence-corrected chi connectivity index (χ1v) is 20.0. The van der Waals surface area contributed by atoms with E-state index in [0.29, 0.717) is 46.6 Å². The van der Waals surface area contributed by atoms with Gasteiger partial charge in [0.15, 0.2) is 16.6 Å². The molecule has 0 saturated heterocycles. The number of anilines is 1. The highest BCUT2D eigenvalue weighted by Crippen LogP contribution is 2.43. The molecule has 0 fully saturated rings. The van der Waals surface area contributed by atoms with Crippen molar-refractivity contribution in [3.8, 4) is 22.6 Å². The van der Waals surface area contributed by atoms with Crippen molar-refractivity contribution in [1.29, 1.82) is 0 Å². The number of benzene rings is 8. The number of thiazole rings is 1. The third-order valence-corrected chi connectivity index (χ3v) is 11.8. The Hall–Kier alpha value is -5.99. The lowest BCUT2D eigenvalue weighted by molar-refractivity contribution is 0.102. The first kappa shape index (κ1) is 36.6. The van der Waals surface area contributed by atoms with Gasteiger partial charge in [-0.1, -0.05) is 126 Å². The maximum atomic E-state index is 13.7. The molecule has 0 radical (unpaired) electrons. The summed E-state index contributed by atoms with van der Waals surface area (Å²) in [6.45, 7) is 0. The van der Waals surface area contributed by atoms with Crippen molar-refractivity contribution >= 4 is 133 Å². The highest BCUT2D eigenvalue weighted by Gasteiger charge is 2.20. The number of hydrogen-bond donors (Lipinski definition) is 3. The number of phenols is 2. The summed E-state index contributed by atoms with van der Waals surface area (Å²) in [7, 11) is 0. The summed E-state index contributed by atoms with van der Waals surface area (Å²) >= 11 is 16.8. The fourth-order valence-corrected chi connectivity index (χ4v) is 8.50. The van der Waals surface area contributed by atoms with E-state index >= 15 is 0 Å². The number of carbonyl (C=O) groups is 1. The second kappa shape index (κ2) is 15.2. The fraction of sp³-hybridized carbons (Fsp3) is 0. The Morgan fingerprint density at radius 1 is 0.614 bits per heavy atom. The van der Waals surface area contributed by atoms with Crippen LogP contribution in [0.1, 0.15) is 10.4 Å². The lowest BCUT2D eigenvalue weighted by Crippen LogP contribution is -2.12. The largest absolute Gasteiger partial charge is 0.505 e. The zero-order chi connectivity index (χ0) is 39.2. The third-order valence-electron chi connectivity index (χ3n) is 9.44. The number of amides is 1. The molecule has 0 saturated carbocycles. The Bertz CT molecular complexity index is 3170. The maximum absolute atomic E-state index is 13.7. The SMILES string of the molecule is O=C(Nc1nc2c(ccc3ccccc32)s1)c1cc2ccccc2c(N=Nc2ccc(-c3ccc(N=Nc4c(O)c(I)cc5ccccc45)c(Cl)c3)cc2Cl)c1O. The van der Waals surface area contributed by atoms with Gasteiger partial charge in [-0.05, 0) is 92.3 Å². The van der Waals surface area contributed by atoms with Crippen LogP contribution in [0.4, 0.5) is 27.9 Å². The quantitative estimate of drug-likeness (QED) is 0.108. The summed E-state index contributed by atoms with van der Waals surface area (Å²) < 4.78 is 1.60. The second-order valence-corrected chi connectivity index (χ2v) is 16.0. The van der Waals surface area contributed by atoms with Crippen LogP contribution in [0, 0.1) is 3.57 Å². The van der Waals surface area contributed by atoms with Crippen molar-refractivity contribution in [2.24, 2.45) is 20.5 Å². The molecule has 57 heavy (non-hydrogen) atoms. The summed E-state index contributed by atoms with van der Waals surface area (Å²) in [6.07, 6.45) is 0. The van der Waals surface area contributed by atoms with Gasteiger partial charge in [-0.2, -0.15) is 0 Å². The Kier molecular flexibility index (Phi) is 9.75. The van der Waals surface area contributed by atoms with Crippen LogP contribution in [-0.4, -0.2) is 21.1 Å². The van der Waals surface area contributed by atoms with Crippen LogP contribution in [-0.2, 0) is 0 Å². The maximum Gasteiger partial charge on any atom is 0.261 e. The van der Waals surface area contributed by atoms with E-state index in [-0.39, 0.29) is 22.7 Å². The molecule has 9 nitrogen and oxygen atoms in total. The molecule has 0 aliphatic carbocycles. The van der Waals surface area contributed by atoms with Gasteiger partial charge < -0.3 is 10.2 Å². The van der Waals surface area contributed by atoms with Crippen molar-refractivity contribution in [3.05, 3.63) is 153 Å². The minimum absolute atomic E-state index is 0.0248. The highest BCUT2D eigenvalue weighted by atomic mass is 127. The molecule has 0 aliphatic rings. The summed E-state index contributed by atoms with van der Waals surface area (Å²) in [5.41, 5.74) is 3.62. The average Bonchev–Trinajstić information content (AvgIpc) is 3.64. The molecular formula is C44H25Cl2IN6O3S. The Labute approximate surface area is 352 Å². The van der Waals surface area contributed by atoms with Gasteiger partial charge in [-0.15, -0.1) is 20.5 Å². The molecule has 1 aromatic heterocycles. The van der Waals surface area contributed by atoms with E-state index in [0.717, 1.165) is 42.9 Å². The number of aromatic nitrogens is 1. The highest BCUT2D eigenvalue weighted by molar-refractivity contribution is 14.1. The summed E-state index contributed by atoms with van der Waals surface area (Å²) in [6, 6.07) is 41.0. The van der Waals surface area contributed by atoms with Gasteiger partial charge in [-0.3, -0.25) is 10.1 Å². The average molecular weight is 916 g/mol. The number of carbonyl (C=O) groups excluding carboxylic acids is 1. The number of phenolic OH excluding ortho intramolecular Hbond substituents is 2. The molecule has 13 heteroatoms. The summed E-state index contributed by atoms with van der Waals surface area (Å²) in [5, 5.41) is 48.7. The molecule has 0 unspecified atom stereocenters. The van der Waals surface area contributed by atoms with Crippen molar-refractivity contribution in [1.82, 2.24) is 4.98 Å². The van der Waals surface area contributed by atoms with Crippen LogP contribution < -0.4 is 5.32 Å². The molecular weight excluding hydrogens is 890 g/mol. The van der Waals surface area contributed by atoms with Crippen LogP contribution in [0.3, 0.4) is 0 Å². The van der Waals surface area contributed by atoms with Crippen LogP contribution in [0.2, 0.25) is 10.0 Å². The van der Waals surface area contributed by atoms with Crippen LogP contribution in [0.25, 0.3) is 53.7 Å². The predicted molar refractivity (Wildman–Crippen MR) is 239 cm³/mol. The zero-order valence-corrected chi connectivity index (χ0v) is 33.8. The number of hydrogen-bond acceptors (Lipinski definition) is 9. The molecule has 0 bridgehead atoms. The van der Waals surface area contributed by atoms with Crippen molar-refractivity contribution in [2.45, 2.75) is 0 Å². The number of fused-ring (bicyclic) bond motifs is 5. The van der Waals surface area contributed by atoms with E-state index in [4.69, 9.17) is 28.2 Å². The summed E-state index contributed by atoms with van der Waals surface area (Å²) in [4.78, 5) is 18.4. The first-order chi connectivity index (χ1) is 27.7. The molecule has 0 aliphatic heterocycles. The molecule has 3 N–H and O–H groups in total. The van der Waals surface area contributed by atoms with Gasteiger partial charge >= 0.3 is 0 Å². The number of nitrogens with one attached hydrogen (secondary N) is 1.